The molecule has 0 unspecified atom stereocenters. The molecule has 0 fully saturated rings. The van der Waals surface area contributed by atoms with Crippen LogP contribution in [-0.4, -0.2) is 90.9 Å². The summed E-state index contributed by atoms with van der Waals surface area (Å²) in [5.74, 6) is 0.388. The van der Waals surface area contributed by atoms with Gasteiger partial charge in [0.25, 0.3) is 0 Å². The fourth-order valence-electron chi connectivity index (χ4n) is 6.73. The Labute approximate surface area is 351 Å². The number of hydrogen-bond acceptors (Lipinski definition) is 6. The number of nitrogens with zero attached hydrogens (tertiary/aromatic N) is 3. The first-order valence-electron chi connectivity index (χ1n) is 23.4. The van der Waals surface area contributed by atoms with Crippen molar-refractivity contribution in [1.29, 1.82) is 0 Å². The van der Waals surface area contributed by atoms with Crippen molar-refractivity contribution in [2.45, 2.75) is 227 Å². The summed E-state index contributed by atoms with van der Waals surface area (Å²) in [4.78, 5) is 46.6. The second-order valence-corrected chi connectivity index (χ2v) is 18.0. The molecule has 0 radical (unpaired) electrons. The van der Waals surface area contributed by atoms with Gasteiger partial charge in [-0.15, -0.1) is 0 Å². The van der Waals surface area contributed by atoms with Gasteiger partial charge in [-0.3, -0.25) is 9.79 Å². The van der Waals surface area contributed by atoms with Gasteiger partial charge in [0.2, 0.25) is 5.91 Å². The van der Waals surface area contributed by atoms with E-state index in [-0.39, 0.29) is 31.5 Å². The van der Waals surface area contributed by atoms with Crippen LogP contribution in [0, 0.1) is 0 Å². The summed E-state index contributed by atoms with van der Waals surface area (Å²) in [5, 5.41) is 5.49. The minimum atomic E-state index is -0.609. The quantitative estimate of drug-likeness (QED) is 0.0329. The number of nitrogens with one attached hydrogen (secondary N) is 2. The smallest absolute Gasteiger partial charge is 0.407 e. The van der Waals surface area contributed by atoms with E-state index in [9.17, 15) is 14.4 Å². The van der Waals surface area contributed by atoms with Gasteiger partial charge in [0.05, 0.1) is 6.54 Å². The number of guanidine groups is 1. The zero-order valence-electron chi connectivity index (χ0n) is 38.6. The lowest BCUT2D eigenvalue weighted by Gasteiger charge is -2.27. The van der Waals surface area contributed by atoms with E-state index in [1.807, 2.05) is 46.4 Å². The fourth-order valence-corrected chi connectivity index (χ4v) is 6.73. The van der Waals surface area contributed by atoms with E-state index in [1.165, 1.54) is 128 Å². The first-order chi connectivity index (χ1) is 27.2. The van der Waals surface area contributed by atoms with Crippen LogP contribution in [0.1, 0.15) is 216 Å². The molecule has 0 heterocycles. The van der Waals surface area contributed by atoms with E-state index in [4.69, 9.17) is 15.2 Å². The zero-order chi connectivity index (χ0) is 42.6. The molecule has 0 aromatic carbocycles. The molecule has 0 bridgehead atoms. The molecule has 0 saturated carbocycles. The highest BCUT2D eigenvalue weighted by Gasteiger charge is 2.19. The van der Waals surface area contributed by atoms with Crippen molar-refractivity contribution in [1.82, 2.24) is 20.4 Å². The van der Waals surface area contributed by atoms with E-state index in [0.29, 0.717) is 19.5 Å². The van der Waals surface area contributed by atoms with Gasteiger partial charge in [-0.2, -0.15) is 0 Å². The Morgan fingerprint density at radius 1 is 0.491 bits per heavy atom. The molecule has 336 valence electrons. The first kappa shape index (κ1) is 54.3. The number of amides is 3. The van der Waals surface area contributed by atoms with Crippen molar-refractivity contribution in [3.05, 3.63) is 0 Å². The van der Waals surface area contributed by atoms with E-state index in [2.05, 4.69) is 34.4 Å². The second kappa shape index (κ2) is 35.2. The zero-order valence-corrected chi connectivity index (χ0v) is 38.6. The molecule has 0 spiro atoms. The Morgan fingerprint density at radius 3 is 1.21 bits per heavy atom. The summed E-state index contributed by atoms with van der Waals surface area (Å²) >= 11 is 0. The van der Waals surface area contributed by atoms with Crippen LogP contribution in [0.25, 0.3) is 0 Å². The maximum absolute atomic E-state index is 13.8. The molecule has 11 nitrogen and oxygen atoms in total. The number of rotatable bonds is 35. The van der Waals surface area contributed by atoms with Gasteiger partial charge in [0.15, 0.2) is 5.96 Å². The van der Waals surface area contributed by atoms with Crippen LogP contribution >= 0.6 is 0 Å². The molecule has 0 aromatic heterocycles. The molecule has 0 aliphatic carbocycles. The lowest BCUT2D eigenvalue weighted by molar-refractivity contribution is -0.131. The lowest BCUT2D eigenvalue weighted by Crippen LogP contribution is -2.45. The molecule has 0 aliphatic rings. The highest BCUT2D eigenvalue weighted by molar-refractivity contribution is 5.80. The van der Waals surface area contributed by atoms with E-state index in [0.717, 1.165) is 38.8 Å². The van der Waals surface area contributed by atoms with Crippen LogP contribution in [0.15, 0.2) is 4.99 Å². The molecule has 4 N–H and O–H groups in total. The van der Waals surface area contributed by atoms with Crippen LogP contribution in [0.2, 0.25) is 0 Å². The van der Waals surface area contributed by atoms with Gasteiger partial charge in [0.1, 0.15) is 11.2 Å². The van der Waals surface area contributed by atoms with Crippen molar-refractivity contribution in [2.75, 3.05) is 45.8 Å². The van der Waals surface area contributed by atoms with Crippen molar-refractivity contribution in [3.63, 3.8) is 0 Å². The monoisotopic (exact) mass is 809 g/mol. The Balaban J connectivity index is 5.19. The first-order valence-corrected chi connectivity index (χ1v) is 23.4. The Hall–Kier alpha value is -2.72. The highest BCUT2D eigenvalue weighted by atomic mass is 16.6. The van der Waals surface area contributed by atoms with Crippen LogP contribution in [0.5, 0.6) is 0 Å². The van der Waals surface area contributed by atoms with Crippen LogP contribution in [-0.2, 0) is 14.3 Å². The van der Waals surface area contributed by atoms with Gasteiger partial charge in [-0.05, 0) is 54.4 Å². The average molecular weight is 809 g/mol. The molecule has 57 heavy (non-hydrogen) atoms. The third-order valence-electron chi connectivity index (χ3n) is 9.94. The van der Waals surface area contributed by atoms with Crippen molar-refractivity contribution in [2.24, 2.45) is 10.7 Å². The van der Waals surface area contributed by atoms with Crippen molar-refractivity contribution < 1.29 is 23.9 Å². The Morgan fingerprint density at radius 2 is 0.842 bits per heavy atom. The van der Waals surface area contributed by atoms with Crippen LogP contribution in [0.3, 0.4) is 0 Å². The molecule has 0 rings (SSSR count). The molecule has 0 saturated heterocycles. The number of unbranched alkanes of at least 4 members (excludes halogenated alkanes) is 22. The van der Waals surface area contributed by atoms with E-state index < -0.39 is 23.4 Å². The van der Waals surface area contributed by atoms with Gasteiger partial charge in [-0.25, -0.2) is 9.59 Å². The molecule has 0 atom stereocenters. The summed E-state index contributed by atoms with van der Waals surface area (Å²) < 4.78 is 10.7. The summed E-state index contributed by atoms with van der Waals surface area (Å²) in [7, 11) is 0. The van der Waals surface area contributed by atoms with Crippen LogP contribution in [0.4, 0.5) is 9.59 Å². The number of carbonyl (C=O) groups is 3. The molecular formula is C46H92N6O5. The fraction of sp³-hybridized carbons (Fsp3) is 0.913. The minimum Gasteiger partial charge on any atom is -0.444 e. The summed E-state index contributed by atoms with van der Waals surface area (Å²) in [5.41, 5.74) is 5.25. The summed E-state index contributed by atoms with van der Waals surface area (Å²) in [6.07, 6.45) is 30.3. The van der Waals surface area contributed by atoms with Crippen molar-refractivity contribution >= 4 is 24.1 Å². The maximum atomic E-state index is 13.8. The number of nitrogens with two attached hydrogens (primary N) is 1. The minimum absolute atomic E-state index is 0.130. The number of alkyl carbamates (subject to hydrolysis) is 2. The lowest BCUT2D eigenvalue weighted by atomic mass is 10.0. The van der Waals surface area contributed by atoms with Crippen molar-refractivity contribution in [3.8, 4) is 0 Å². The number of aliphatic imine (C=N–C) groups is 1. The number of ether oxygens (including phenoxy) is 2. The topological polar surface area (TPSA) is 139 Å². The summed E-state index contributed by atoms with van der Waals surface area (Å²) in [6.45, 7) is 18.5. The Bertz CT molecular complexity index is 998. The molecule has 11 heteroatoms. The predicted molar refractivity (Wildman–Crippen MR) is 240 cm³/mol. The molecule has 3 amide bonds. The van der Waals surface area contributed by atoms with Gasteiger partial charge >= 0.3 is 12.2 Å². The third-order valence-corrected chi connectivity index (χ3v) is 9.94. The average Bonchev–Trinajstić information content (AvgIpc) is 3.13. The van der Waals surface area contributed by atoms with Gasteiger partial charge in [-0.1, -0.05) is 155 Å². The van der Waals surface area contributed by atoms with Gasteiger partial charge in [0, 0.05) is 45.7 Å². The van der Waals surface area contributed by atoms with E-state index >= 15 is 0 Å². The molecular weight excluding hydrogens is 717 g/mol. The number of carbonyl (C=O) groups excluding carboxylic acids is 3. The maximum Gasteiger partial charge on any atom is 0.407 e. The second-order valence-electron chi connectivity index (χ2n) is 18.0. The van der Waals surface area contributed by atoms with Crippen LogP contribution < -0.4 is 16.4 Å². The molecule has 0 aliphatic heterocycles. The Kier molecular flexibility index (Phi) is 33.6. The SMILES string of the molecule is CCCCCCCCCCCCCCN(CCCCCCCCCCCCCC)C(=O)CCN(CCNC(=O)OC(C)(C)C)C(N)=NCCNC(=O)OC(C)(C)C. The predicted octanol–water partition coefficient (Wildman–Crippen LogP) is 11.3. The van der Waals surface area contributed by atoms with Gasteiger partial charge < -0.3 is 35.6 Å². The normalized spacial score (nSPS) is 12.0. The molecule has 0 aromatic rings. The third kappa shape index (κ3) is 37.3. The highest BCUT2D eigenvalue weighted by Crippen LogP contribution is 2.15. The number of hydrogen-bond donors (Lipinski definition) is 3. The largest absolute Gasteiger partial charge is 0.444 e. The van der Waals surface area contributed by atoms with E-state index in [1.54, 1.807) is 0 Å². The summed E-state index contributed by atoms with van der Waals surface area (Å²) in [6, 6.07) is 0. The standard InChI is InChI=1S/C46H92N6O5/c1-9-11-13-15-17-19-21-23-25-27-29-31-37-51(38-32-30-28-26-24-22-20-18-16-14-12-10-2)41(53)33-39-52(40-36-50-44(55)57-46(6,7)8)42(47)48-34-35-49-43(54)56-45(3,4)5/h9-40H2,1-8H3,(H2,47,48)(H,49,54)(H,50,55).